The minimum Gasteiger partial charge on any atom is -0.379 e. The van der Waals surface area contributed by atoms with Crippen molar-refractivity contribution in [3.8, 4) is 0 Å². The molecule has 156 valence electrons. The zero-order valence-corrected chi connectivity index (χ0v) is 17.9. The molecule has 1 aromatic rings. The van der Waals surface area contributed by atoms with Crippen molar-refractivity contribution < 1.29 is 17.9 Å². The highest BCUT2D eigenvalue weighted by molar-refractivity contribution is 7.89. The van der Waals surface area contributed by atoms with E-state index in [-0.39, 0.29) is 11.3 Å². The number of sulfonamides is 1. The molecule has 2 aliphatic rings. The average molecular weight is 410 g/mol. The molecule has 1 aromatic carbocycles. The molecule has 0 aliphatic carbocycles. The van der Waals surface area contributed by atoms with Crippen LogP contribution >= 0.6 is 0 Å². The lowest BCUT2D eigenvalue weighted by molar-refractivity contribution is -0.134. The standard InChI is InChI=1S/C20H31N3O4S/c1-20(2,3)17-4-6-18(7-5-17)28(25,26)23-10-8-22(9-11-23)19(24)16-21-12-14-27-15-13-21/h4-7H,8-16H2,1-3H3. The first-order chi connectivity index (χ1) is 13.2. The number of hydrogen-bond donors (Lipinski definition) is 0. The SMILES string of the molecule is CC(C)(C)c1ccc(S(=O)(=O)N2CCN(C(=O)CN3CCOCC3)CC2)cc1. The van der Waals surface area contributed by atoms with Crippen molar-refractivity contribution in [2.45, 2.75) is 31.1 Å². The van der Waals surface area contributed by atoms with Gasteiger partial charge in [-0.15, -0.1) is 0 Å². The number of amides is 1. The van der Waals surface area contributed by atoms with E-state index in [4.69, 9.17) is 4.74 Å². The number of benzene rings is 1. The van der Waals surface area contributed by atoms with Crippen LogP contribution in [0.2, 0.25) is 0 Å². The number of nitrogens with zero attached hydrogens (tertiary/aromatic N) is 3. The molecule has 3 rings (SSSR count). The van der Waals surface area contributed by atoms with Crippen LogP contribution in [0.1, 0.15) is 26.3 Å². The second-order valence-corrected chi connectivity index (χ2v) is 10.4. The van der Waals surface area contributed by atoms with Crippen molar-refractivity contribution in [2.75, 3.05) is 59.0 Å². The van der Waals surface area contributed by atoms with Gasteiger partial charge in [0.05, 0.1) is 24.7 Å². The Labute approximate surface area is 168 Å². The Morgan fingerprint density at radius 3 is 2.07 bits per heavy atom. The van der Waals surface area contributed by atoms with Gasteiger partial charge < -0.3 is 9.64 Å². The summed E-state index contributed by atoms with van der Waals surface area (Å²) in [6, 6.07) is 7.14. The van der Waals surface area contributed by atoms with Crippen LogP contribution in [0.25, 0.3) is 0 Å². The summed E-state index contributed by atoms with van der Waals surface area (Å²) in [7, 11) is -3.53. The third-order valence-corrected chi connectivity index (χ3v) is 7.32. The van der Waals surface area contributed by atoms with Gasteiger partial charge in [0.2, 0.25) is 15.9 Å². The first-order valence-electron chi connectivity index (χ1n) is 9.86. The van der Waals surface area contributed by atoms with E-state index in [0.29, 0.717) is 50.8 Å². The van der Waals surface area contributed by atoms with Crippen molar-refractivity contribution in [1.29, 1.82) is 0 Å². The van der Waals surface area contributed by atoms with Crippen LogP contribution in [-0.2, 0) is 25.0 Å². The van der Waals surface area contributed by atoms with E-state index in [1.54, 1.807) is 17.0 Å². The number of hydrogen-bond acceptors (Lipinski definition) is 5. The van der Waals surface area contributed by atoms with E-state index >= 15 is 0 Å². The van der Waals surface area contributed by atoms with Gasteiger partial charge >= 0.3 is 0 Å². The predicted octanol–water partition coefficient (Wildman–Crippen LogP) is 1.15. The monoisotopic (exact) mass is 409 g/mol. The predicted molar refractivity (Wildman–Crippen MR) is 108 cm³/mol. The van der Waals surface area contributed by atoms with Gasteiger partial charge in [-0.25, -0.2) is 8.42 Å². The van der Waals surface area contributed by atoms with E-state index in [2.05, 4.69) is 25.7 Å². The highest BCUT2D eigenvalue weighted by atomic mass is 32.2. The van der Waals surface area contributed by atoms with Gasteiger partial charge in [0.25, 0.3) is 0 Å². The second kappa shape index (κ2) is 8.49. The van der Waals surface area contributed by atoms with Crippen LogP contribution in [0.15, 0.2) is 29.2 Å². The zero-order chi connectivity index (χ0) is 20.4. The van der Waals surface area contributed by atoms with Crippen molar-refractivity contribution in [1.82, 2.24) is 14.1 Å². The van der Waals surface area contributed by atoms with E-state index in [9.17, 15) is 13.2 Å². The molecule has 0 saturated carbocycles. The molecule has 2 heterocycles. The fourth-order valence-corrected chi connectivity index (χ4v) is 4.93. The van der Waals surface area contributed by atoms with Crippen molar-refractivity contribution >= 4 is 15.9 Å². The summed E-state index contributed by atoms with van der Waals surface area (Å²) in [5.74, 6) is 0.0634. The molecule has 0 unspecified atom stereocenters. The highest BCUT2D eigenvalue weighted by Crippen LogP contribution is 2.25. The molecule has 0 atom stereocenters. The number of carbonyl (C=O) groups excluding carboxylic acids is 1. The van der Waals surface area contributed by atoms with Gasteiger partial charge in [-0.2, -0.15) is 4.31 Å². The van der Waals surface area contributed by atoms with Gasteiger partial charge in [-0.05, 0) is 23.1 Å². The van der Waals surface area contributed by atoms with E-state index in [1.807, 2.05) is 12.1 Å². The van der Waals surface area contributed by atoms with Gasteiger partial charge in [0.15, 0.2) is 0 Å². The maximum absolute atomic E-state index is 12.9. The fraction of sp³-hybridized carbons (Fsp3) is 0.650. The van der Waals surface area contributed by atoms with Crippen LogP contribution in [0.3, 0.4) is 0 Å². The number of rotatable bonds is 4. The van der Waals surface area contributed by atoms with E-state index in [0.717, 1.165) is 18.7 Å². The topological polar surface area (TPSA) is 70.2 Å². The first kappa shape index (κ1) is 21.2. The van der Waals surface area contributed by atoms with Crippen LogP contribution < -0.4 is 0 Å². The molecule has 2 saturated heterocycles. The molecule has 0 aromatic heterocycles. The number of morpholine rings is 1. The summed E-state index contributed by atoms with van der Waals surface area (Å²) in [6.07, 6.45) is 0. The molecule has 28 heavy (non-hydrogen) atoms. The summed E-state index contributed by atoms with van der Waals surface area (Å²) in [6.45, 7) is 11.1. The maximum Gasteiger partial charge on any atom is 0.243 e. The molecule has 0 bridgehead atoms. The summed E-state index contributed by atoms with van der Waals surface area (Å²) < 4.78 is 32.7. The molecular formula is C20H31N3O4S. The second-order valence-electron chi connectivity index (χ2n) is 8.45. The van der Waals surface area contributed by atoms with Crippen LogP contribution in [-0.4, -0.2) is 87.5 Å². The molecule has 8 heteroatoms. The van der Waals surface area contributed by atoms with Crippen molar-refractivity contribution in [3.05, 3.63) is 29.8 Å². The molecular weight excluding hydrogens is 378 g/mol. The molecule has 2 fully saturated rings. The molecule has 0 spiro atoms. The van der Waals surface area contributed by atoms with Crippen LogP contribution in [0.5, 0.6) is 0 Å². The molecule has 7 nitrogen and oxygen atoms in total. The Kier molecular flexibility index (Phi) is 6.44. The fourth-order valence-electron chi connectivity index (χ4n) is 3.50. The lowest BCUT2D eigenvalue weighted by atomic mass is 9.87. The third kappa shape index (κ3) is 4.92. The summed E-state index contributed by atoms with van der Waals surface area (Å²) >= 11 is 0. The third-order valence-electron chi connectivity index (χ3n) is 5.41. The Hall–Kier alpha value is -1.48. The Balaban J connectivity index is 1.58. The lowest BCUT2D eigenvalue weighted by Gasteiger charge is -2.35. The Bertz CT molecular complexity index is 773. The number of piperazine rings is 1. The first-order valence-corrected chi connectivity index (χ1v) is 11.3. The molecule has 0 N–H and O–H groups in total. The van der Waals surface area contributed by atoms with Gasteiger partial charge in [-0.3, -0.25) is 9.69 Å². The Morgan fingerprint density at radius 1 is 0.964 bits per heavy atom. The minimum atomic E-state index is -3.53. The molecule has 0 radical (unpaired) electrons. The zero-order valence-electron chi connectivity index (χ0n) is 17.1. The van der Waals surface area contributed by atoms with E-state index in [1.165, 1.54) is 4.31 Å². The van der Waals surface area contributed by atoms with Gasteiger partial charge in [0, 0.05) is 39.3 Å². The minimum absolute atomic E-state index is 0.0191. The highest BCUT2D eigenvalue weighted by Gasteiger charge is 2.31. The maximum atomic E-state index is 12.9. The van der Waals surface area contributed by atoms with Gasteiger partial charge in [0.1, 0.15) is 0 Å². The summed E-state index contributed by atoms with van der Waals surface area (Å²) in [5, 5.41) is 0. The number of carbonyl (C=O) groups is 1. The van der Waals surface area contributed by atoms with Gasteiger partial charge in [-0.1, -0.05) is 32.9 Å². The van der Waals surface area contributed by atoms with E-state index < -0.39 is 10.0 Å². The Morgan fingerprint density at radius 2 is 1.54 bits per heavy atom. The average Bonchev–Trinajstić information content (AvgIpc) is 2.68. The largest absolute Gasteiger partial charge is 0.379 e. The summed E-state index contributed by atoms with van der Waals surface area (Å²) in [5.41, 5.74) is 1.08. The van der Waals surface area contributed by atoms with Crippen molar-refractivity contribution in [2.24, 2.45) is 0 Å². The number of ether oxygens (including phenoxy) is 1. The quantitative estimate of drug-likeness (QED) is 0.746. The van der Waals surface area contributed by atoms with Crippen molar-refractivity contribution in [3.63, 3.8) is 0 Å². The summed E-state index contributed by atoms with van der Waals surface area (Å²) in [4.78, 5) is 16.7. The molecule has 2 aliphatic heterocycles. The molecule has 1 amide bonds. The lowest BCUT2D eigenvalue weighted by Crippen LogP contribution is -2.53. The normalized spacial score (nSPS) is 20.3. The van der Waals surface area contributed by atoms with Crippen LogP contribution in [0, 0.1) is 0 Å². The smallest absolute Gasteiger partial charge is 0.243 e. The van der Waals surface area contributed by atoms with Crippen LogP contribution in [0.4, 0.5) is 0 Å².